The lowest BCUT2D eigenvalue weighted by Crippen LogP contribution is -2.36. The number of benzene rings is 2. The van der Waals surface area contributed by atoms with Crippen LogP contribution in [-0.4, -0.2) is 21.6 Å². The second kappa shape index (κ2) is 10.4. The van der Waals surface area contributed by atoms with Gasteiger partial charge in [0, 0.05) is 34.0 Å². The fourth-order valence-electron chi connectivity index (χ4n) is 3.32. The van der Waals surface area contributed by atoms with Crippen LogP contribution in [0.4, 0.5) is 5.69 Å². The summed E-state index contributed by atoms with van der Waals surface area (Å²) in [5.74, 6) is 0.191. The molecule has 0 bridgehead atoms. The van der Waals surface area contributed by atoms with Gasteiger partial charge in [-0.1, -0.05) is 46.1 Å². The molecule has 6 nitrogen and oxygen atoms in total. The number of aromatic nitrogens is 2. The number of carbonyl (C=O) groups excluding carboxylic acids is 1. The molecule has 1 amide bonds. The molecule has 0 unspecified atom stereocenters. The van der Waals surface area contributed by atoms with Gasteiger partial charge in [-0.3, -0.25) is 14.8 Å². The molecule has 0 atom stereocenters. The van der Waals surface area contributed by atoms with Crippen molar-refractivity contribution >= 4 is 33.5 Å². The van der Waals surface area contributed by atoms with E-state index < -0.39 is 0 Å². The molecule has 0 saturated heterocycles. The van der Waals surface area contributed by atoms with Crippen LogP contribution in [0.1, 0.15) is 46.1 Å². The second-order valence-electron chi connectivity index (χ2n) is 7.63. The van der Waals surface area contributed by atoms with Crippen LogP contribution in [0.25, 0.3) is 0 Å². The number of hydrogen-bond acceptors (Lipinski definition) is 3. The largest absolute Gasteiger partial charge is 0.326 e. The van der Waals surface area contributed by atoms with Gasteiger partial charge in [-0.25, -0.2) is 4.99 Å². The van der Waals surface area contributed by atoms with E-state index in [1.807, 2.05) is 74.1 Å². The number of hydrogen-bond donors (Lipinski definition) is 2. The Labute approximate surface area is 191 Å². The van der Waals surface area contributed by atoms with Gasteiger partial charge in [0.2, 0.25) is 5.96 Å². The number of aryl methyl sites for hydroxylation is 4. The van der Waals surface area contributed by atoms with Crippen LogP contribution in [0, 0.1) is 20.8 Å². The maximum atomic E-state index is 12.9. The average Bonchev–Trinajstić information content (AvgIpc) is 3.05. The van der Waals surface area contributed by atoms with Crippen LogP contribution in [-0.2, 0) is 13.1 Å². The Hall–Kier alpha value is -2.93. The Morgan fingerprint density at radius 1 is 1.13 bits per heavy atom. The Balaban J connectivity index is 1.85. The van der Waals surface area contributed by atoms with Crippen molar-refractivity contribution in [2.45, 2.75) is 47.2 Å². The smallest absolute Gasteiger partial charge is 0.257 e. The lowest BCUT2D eigenvalue weighted by molar-refractivity contribution is 0.0976. The van der Waals surface area contributed by atoms with Gasteiger partial charge in [-0.05, 0) is 57.5 Å². The zero-order chi connectivity index (χ0) is 22.4. The average molecular weight is 482 g/mol. The van der Waals surface area contributed by atoms with E-state index in [-0.39, 0.29) is 5.91 Å². The number of aliphatic imine (C=N–C) groups is 1. The first-order chi connectivity index (χ1) is 14.8. The first kappa shape index (κ1) is 22.7. The first-order valence-electron chi connectivity index (χ1n) is 10.3. The molecule has 1 aromatic heterocycles. The molecule has 0 saturated carbocycles. The fraction of sp³-hybridized carbons (Fsp3) is 0.292. The first-order valence-corrected chi connectivity index (χ1v) is 11.1. The van der Waals surface area contributed by atoms with Crippen LogP contribution in [0.5, 0.6) is 0 Å². The Kier molecular flexibility index (Phi) is 7.63. The molecule has 0 spiro atoms. The van der Waals surface area contributed by atoms with Gasteiger partial charge in [-0.2, -0.15) is 5.10 Å². The third-order valence-corrected chi connectivity index (χ3v) is 5.20. The summed E-state index contributed by atoms with van der Waals surface area (Å²) < 4.78 is 2.88. The van der Waals surface area contributed by atoms with Gasteiger partial charge in [0.15, 0.2) is 0 Å². The molecule has 7 heteroatoms. The molecule has 2 N–H and O–H groups in total. The summed E-state index contributed by atoms with van der Waals surface area (Å²) in [6, 6.07) is 13.5. The number of rotatable bonds is 6. The molecular weight excluding hydrogens is 454 g/mol. The van der Waals surface area contributed by atoms with E-state index in [1.165, 1.54) is 0 Å². The Morgan fingerprint density at radius 3 is 2.55 bits per heavy atom. The van der Waals surface area contributed by atoms with Gasteiger partial charge in [0.1, 0.15) is 0 Å². The molecule has 0 aliphatic rings. The summed E-state index contributed by atoms with van der Waals surface area (Å²) in [5, 5.41) is 10.7. The van der Waals surface area contributed by atoms with Crippen molar-refractivity contribution in [3.05, 3.63) is 81.1 Å². The predicted octanol–water partition coefficient (Wildman–Crippen LogP) is 5.38. The van der Waals surface area contributed by atoms with E-state index >= 15 is 0 Å². The van der Waals surface area contributed by atoms with E-state index in [2.05, 4.69) is 43.6 Å². The molecular formula is C24H28BrN5O. The van der Waals surface area contributed by atoms with Crippen molar-refractivity contribution in [2.24, 2.45) is 4.99 Å². The number of halogens is 1. The number of nitrogens with one attached hydrogen (secondary N) is 2. The number of carbonyl (C=O) groups is 1. The van der Waals surface area contributed by atoms with E-state index in [4.69, 9.17) is 0 Å². The van der Waals surface area contributed by atoms with Gasteiger partial charge < -0.3 is 5.32 Å². The van der Waals surface area contributed by atoms with E-state index in [1.54, 1.807) is 0 Å². The number of guanidine groups is 1. The monoisotopic (exact) mass is 481 g/mol. The molecule has 1 heterocycles. The normalized spacial score (nSPS) is 11.5. The summed E-state index contributed by atoms with van der Waals surface area (Å²) in [4.78, 5) is 17.6. The summed E-state index contributed by atoms with van der Waals surface area (Å²) >= 11 is 3.48. The van der Waals surface area contributed by atoms with Crippen LogP contribution >= 0.6 is 15.9 Å². The van der Waals surface area contributed by atoms with Gasteiger partial charge in [-0.15, -0.1) is 0 Å². The van der Waals surface area contributed by atoms with Gasteiger partial charge in [0.05, 0.1) is 12.2 Å². The van der Waals surface area contributed by atoms with Crippen LogP contribution in [0.2, 0.25) is 0 Å². The maximum Gasteiger partial charge on any atom is 0.257 e. The predicted molar refractivity (Wildman–Crippen MR) is 130 cm³/mol. The maximum absolute atomic E-state index is 12.9. The molecule has 0 aliphatic carbocycles. The second-order valence-corrected chi connectivity index (χ2v) is 8.55. The summed E-state index contributed by atoms with van der Waals surface area (Å²) in [5.41, 5.74) is 5.49. The van der Waals surface area contributed by atoms with E-state index in [0.717, 1.165) is 45.5 Å². The molecule has 2 aromatic carbocycles. The molecule has 0 aliphatic heterocycles. The highest BCUT2D eigenvalue weighted by Crippen LogP contribution is 2.16. The third kappa shape index (κ3) is 6.52. The summed E-state index contributed by atoms with van der Waals surface area (Å²) in [6.07, 6.45) is 3.04. The van der Waals surface area contributed by atoms with Crippen molar-refractivity contribution in [3.63, 3.8) is 0 Å². The minimum atomic E-state index is -0.202. The molecule has 3 rings (SSSR count). The fourth-order valence-corrected chi connectivity index (χ4v) is 3.72. The van der Waals surface area contributed by atoms with Crippen molar-refractivity contribution in [3.8, 4) is 0 Å². The SMILES string of the molecule is CCCn1cc(CN=C(NC(=O)c2cc(C)cc(C)c2)Nc2cccc(Br)c2)c(C)n1. The van der Waals surface area contributed by atoms with Crippen LogP contribution < -0.4 is 10.6 Å². The number of nitrogens with zero attached hydrogens (tertiary/aromatic N) is 3. The minimum Gasteiger partial charge on any atom is -0.326 e. The molecule has 0 fully saturated rings. The lowest BCUT2D eigenvalue weighted by atomic mass is 10.1. The number of anilines is 1. The molecule has 0 radical (unpaired) electrons. The lowest BCUT2D eigenvalue weighted by Gasteiger charge is -2.13. The highest BCUT2D eigenvalue weighted by Gasteiger charge is 2.12. The zero-order valence-corrected chi connectivity index (χ0v) is 20.0. The standard InChI is InChI=1S/C24H28BrN5O/c1-5-9-30-15-20(18(4)29-30)14-26-24(27-22-8-6-7-21(25)13-22)28-23(31)19-11-16(2)10-17(3)12-19/h6-8,10-13,15H,5,9,14H2,1-4H3,(H2,26,27,28,31). The van der Waals surface area contributed by atoms with Crippen LogP contribution in [0.15, 0.2) is 58.1 Å². The highest BCUT2D eigenvalue weighted by molar-refractivity contribution is 9.10. The van der Waals surface area contributed by atoms with Crippen molar-refractivity contribution in [2.75, 3.05) is 5.32 Å². The summed E-state index contributed by atoms with van der Waals surface area (Å²) in [6.45, 7) is 9.35. The van der Waals surface area contributed by atoms with E-state index in [0.29, 0.717) is 18.1 Å². The van der Waals surface area contributed by atoms with E-state index in [9.17, 15) is 4.79 Å². The molecule has 162 valence electrons. The third-order valence-electron chi connectivity index (χ3n) is 4.71. The highest BCUT2D eigenvalue weighted by atomic mass is 79.9. The number of amides is 1. The van der Waals surface area contributed by atoms with Gasteiger partial charge in [0.25, 0.3) is 5.91 Å². The Morgan fingerprint density at radius 2 is 1.87 bits per heavy atom. The van der Waals surface area contributed by atoms with Crippen molar-refractivity contribution < 1.29 is 4.79 Å². The van der Waals surface area contributed by atoms with Crippen molar-refractivity contribution in [1.29, 1.82) is 0 Å². The molecule has 3 aromatic rings. The van der Waals surface area contributed by atoms with Crippen molar-refractivity contribution in [1.82, 2.24) is 15.1 Å². The minimum absolute atomic E-state index is 0.202. The molecule has 31 heavy (non-hydrogen) atoms. The quantitative estimate of drug-likeness (QED) is 0.366. The zero-order valence-electron chi connectivity index (χ0n) is 18.4. The topological polar surface area (TPSA) is 71.3 Å². The van der Waals surface area contributed by atoms with Crippen LogP contribution in [0.3, 0.4) is 0 Å². The van der Waals surface area contributed by atoms with Gasteiger partial charge >= 0.3 is 0 Å². The summed E-state index contributed by atoms with van der Waals surface area (Å²) in [7, 11) is 0. The Bertz CT molecular complexity index is 1080.